The molecular weight excluding hydrogens is 272 g/mol. The summed E-state index contributed by atoms with van der Waals surface area (Å²) in [5.74, 6) is 1.51. The van der Waals surface area contributed by atoms with Crippen LogP contribution in [0.5, 0.6) is 0 Å². The molecule has 0 amide bonds. The number of aliphatic hydroxyl groups is 1. The summed E-state index contributed by atoms with van der Waals surface area (Å²) in [6.07, 6.45) is -0.323. The molecule has 82 valence electrons. The molecular formula is C12H15BrOS. The van der Waals surface area contributed by atoms with Crippen molar-refractivity contribution in [3.05, 3.63) is 33.8 Å². The van der Waals surface area contributed by atoms with Crippen molar-refractivity contribution in [1.29, 1.82) is 0 Å². The van der Waals surface area contributed by atoms with Crippen LogP contribution >= 0.6 is 27.7 Å². The Bertz CT molecular complexity index is 365. The first-order chi connectivity index (χ1) is 7.11. The van der Waals surface area contributed by atoms with Crippen LogP contribution in [0.1, 0.15) is 31.1 Å². The van der Waals surface area contributed by atoms with Crippen LogP contribution in [0.4, 0.5) is 0 Å². The van der Waals surface area contributed by atoms with E-state index in [1.54, 1.807) is 0 Å². The SMILES string of the molecule is CC(C)C1SCc2c(Br)cccc2C1O. The van der Waals surface area contributed by atoms with Crippen molar-refractivity contribution in [3.8, 4) is 0 Å². The minimum Gasteiger partial charge on any atom is -0.387 e. The quantitative estimate of drug-likeness (QED) is 0.848. The second kappa shape index (κ2) is 4.48. The number of fused-ring (bicyclic) bond motifs is 1. The Morgan fingerprint density at radius 2 is 2.20 bits per heavy atom. The highest BCUT2D eigenvalue weighted by atomic mass is 79.9. The lowest BCUT2D eigenvalue weighted by molar-refractivity contribution is 0.155. The molecule has 0 fully saturated rings. The first-order valence-corrected chi connectivity index (χ1v) is 7.02. The molecule has 2 atom stereocenters. The third-order valence-corrected chi connectivity index (χ3v) is 5.25. The average Bonchev–Trinajstić information content (AvgIpc) is 2.19. The fourth-order valence-corrected chi connectivity index (χ4v) is 4.11. The first-order valence-electron chi connectivity index (χ1n) is 5.18. The van der Waals surface area contributed by atoms with Gasteiger partial charge in [-0.05, 0) is 23.1 Å². The van der Waals surface area contributed by atoms with Crippen LogP contribution in [-0.2, 0) is 5.75 Å². The summed E-state index contributed by atoms with van der Waals surface area (Å²) in [5, 5.41) is 10.6. The van der Waals surface area contributed by atoms with Gasteiger partial charge in [0.25, 0.3) is 0 Å². The van der Waals surface area contributed by atoms with Gasteiger partial charge >= 0.3 is 0 Å². The minimum atomic E-state index is -0.323. The highest BCUT2D eigenvalue weighted by Gasteiger charge is 2.31. The summed E-state index contributed by atoms with van der Waals surface area (Å²) in [5.41, 5.74) is 2.36. The second-order valence-corrected chi connectivity index (χ2v) is 6.29. The second-order valence-electron chi connectivity index (χ2n) is 4.27. The number of aliphatic hydroxyl groups excluding tert-OH is 1. The molecule has 2 rings (SSSR count). The summed E-state index contributed by atoms with van der Waals surface area (Å²) < 4.78 is 1.12. The van der Waals surface area contributed by atoms with Gasteiger partial charge in [0.05, 0.1) is 6.10 Å². The molecule has 0 aliphatic carbocycles. The van der Waals surface area contributed by atoms with E-state index in [2.05, 4.69) is 29.8 Å². The number of thioether (sulfide) groups is 1. The molecule has 1 aromatic rings. The number of rotatable bonds is 1. The zero-order chi connectivity index (χ0) is 11.0. The van der Waals surface area contributed by atoms with E-state index in [1.165, 1.54) is 5.56 Å². The van der Waals surface area contributed by atoms with Crippen LogP contribution in [0, 0.1) is 5.92 Å². The van der Waals surface area contributed by atoms with Gasteiger partial charge < -0.3 is 5.11 Å². The van der Waals surface area contributed by atoms with Crippen molar-refractivity contribution in [2.75, 3.05) is 0 Å². The predicted octanol–water partition coefficient (Wildman–Crippen LogP) is 3.75. The molecule has 1 aliphatic rings. The van der Waals surface area contributed by atoms with Gasteiger partial charge in [0.2, 0.25) is 0 Å². The van der Waals surface area contributed by atoms with Gasteiger partial charge in [-0.2, -0.15) is 11.8 Å². The smallest absolute Gasteiger partial charge is 0.0914 e. The number of hydrogen-bond donors (Lipinski definition) is 1. The van der Waals surface area contributed by atoms with Gasteiger partial charge in [-0.15, -0.1) is 0 Å². The molecule has 0 bridgehead atoms. The maximum Gasteiger partial charge on any atom is 0.0914 e. The van der Waals surface area contributed by atoms with Crippen LogP contribution in [0.2, 0.25) is 0 Å². The Morgan fingerprint density at radius 1 is 1.47 bits per heavy atom. The van der Waals surface area contributed by atoms with E-state index in [9.17, 15) is 5.11 Å². The van der Waals surface area contributed by atoms with Gasteiger partial charge in [0.15, 0.2) is 0 Å². The van der Waals surface area contributed by atoms with Crippen molar-refractivity contribution >= 4 is 27.7 Å². The topological polar surface area (TPSA) is 20.2 Å². The van der Waals surface area contributed by atoms with Crippen LogP contribution in [0.15, 0.2) is 22.7 Å². The molecule has 1 nitrogen and oxygen atoms in total. The summed E-state index contributed by atoms with van der Waals surface area (Å²) >= 11 is 5.40. The van der Waals surface area contributed by atoms with Crippen LogP contribution in [0.3, 0.4) is 0 Å². The van der Waals surface area contributed by atoms with Gasteiger partial charge in [-0.25, -0.2) is 0 Å². The molecule has 15 heavy (non-hydrogen) atoms. The average molecular weight is 287 g/mol. The highest BCUT2D eigenvalue weighted by Crippen LogP contribution is 2.43. The van der Waals surface area contributed by atoms with Gasteiger partial charge in [-0.3, -0.25) is 0 Å². The monoisotopic (exact) mass is 286 g/mol. The lowest BCUT2D eigenvalue weighted by Gasteiger charge is -2.32. The van der Waals surface area contributed by atoms with Crippen LogP contribution in [-0.4, -0.2) is 10.4 Å². The van der Waals surface area contributed by atoms with E-state index < -0.39 is 0 Å². The third kappa shape index (κ3) is 2.10. The van der Waals surface area contributed by atoms with E-state index >= 15 is 0 Å². The molecule has 0 spiro atoms. The zero-order valence-corrected chi connectivity index (χ0v) is 11.3. The van der Waals surface area contributed by atoms with Gasteiger partial charge in [0, 0.05) is 15.5 Å². The summed E-state index contributed by atoms with van der Waals surface area (Å²) in [6, 6.07) is 6.08. The molecule has 0 aromatic heterocycles. The Labute approximate surface area is 103 Å². The number of hydrogen-bond acceptors (Lipinski definition) is 2. The van der Waals surface area contributed by atoms with E-state index in [1.807, 2.05) is 30.0 Å². The molecule has 0 saturated carbocycles. The molecule has 1 aliphatic heterocycles. The number of benzene rings is 1. The standard InChI is InChI=1S/C12H15BrOS/c1-7(2)12-11(14)8-4-3-5-10(13)9(8)6-15-12/h3-5,7,11-12,14H,6H2,1-2H3. The van der Waals surface area contributed by atoms with Crippen LogP contribution < -0.4 is 0 Å². The Kier molecular flexibility index (Phi) is 3.43. The highest BCUT2D eigenvalue weighted by molar-refractivity contribution is 9.10. The van der Waals surface area contributed by atoms with E-state index in [4.69, 9.17) is 0 Å². The summed E-state index contributed by atoms with van der Waals surface area (Å²) in [4.78, 5) is 0. The maximum atomic E-state index is 10.3. The Hall–Kier alpha value is 0.01000. The lowest BCUT2D eigenvalue weighted by Crippen LogP contribution is -2.25. The Balaban J connectivity index is 2.38. The van der Waals surface area contributed by atoms with E-state index in [0.717, 1.165) is 15.8 Å². The van der Waals surface area contributed by atoms with Crippen molar-refractivity contribution in [2.24, 2.45) is 5.92 Å². The zero-order valence-electron chi connectivity index (χ0n) is 8.90. The molecule has 1 heterocycles. The first kappa shape index (κ1) is 11.5. The molecule has 3 heteroatoms. The fourth-order valence-electron chi connectivity index (χ4n) is 2.01. The third-order valence-electron chi connectivity index (χ3n) is 2.86. The normalized spacial score (nSPS) is 25.4. The Morgan fingerprint density at radius 3 is 2.87 bits per heavy atom. The fraction of sp³-hybridized carbons (Fsp3) is 0.500. The maximum absolute atomic E-state index is 10.3. The largest absolute Gasteiger partial charge is 0.387 e. The predicted molar refractivity (Wildman–Crippen MR) is 69.0 cm³/mol. The molecule has 2 unspecified atom stereocenters. The lowest BCUT2D eigenvalue weighted by atomic mass is 9.95. The number of halogens is 1. The molecule has 1 aromatic carbocycles. The van der Waals surface area contributed by atoms with Crippen molar-refractivity contribution in [2.45, 2.75) is 31.0 Å². The summed E-state index contributed by atoms with van der Waals surface area (Å²) in [6.45, 7) is 4.34. The molecule has 1 N–H and O–H groups in total. The van der Waals surface area contributed by atoms with Gasteiger partial charge in [-0.1, -0.05) is 41.9 Å². The van der Waals surface area contributed by atoms with Gasteiger partial charge in [0.1, 0.15) is 0 Å². The van der Waals surface area contributed by atoms with Crippen LogP contribution in [0.25, 0.3) is 0 Å². The van der Waals surface area contributed by atoms with Crippen molar-refractivity contribution in [3.63, 3.8) is 0 Å². The summed E-state index contributed by atoms with van der Waals surface area (Å²) in [7, 11) is 0. The van der Waals surface area contributed by atoms with Crippen molar-refractivity contribution < 1.29 is 5.11 Å². The molecule has 0 saturated heterocycles. The van der Waals surface area contributed by atoms with E-state index in [0.29, 0.717) is 11.2 Å². The molecule has 0 radical (unpaired) electrons. The minimum absolute atomic E-state index is 0.323. The van der Waals surface area contributed by atoms with E-state index in [-0.39, 0.29) is 6.10 Å². The van der Waals surface area contributed by atoms with Crippen molar-refractivity contribution in [1.82, 2.24) is 0 Å².